The van der Waals surface area contributed by atoms with Crippen LogP contribution in [0.5, 0.6) is 0 Å². The quantitative estimate of drug-likeness (QED) is 0.307. The van der Waals surface area contributed by atoms with E-state index in [1.54, 1.807) is 0 Å². The summed E-state index contributed by atoms with van der Waals surface area (Å²) >= 11 is 10.9. The largest absolute Gasteiger partial charge is 0.454 e. The van der Waals surface area contributed by atoms with Gasteiger partial charge in [0.15, 0.2) is 14.7 Å². The molecule has 0 bridgehead atoms. The van der Waals surface area contributed by atoms with Crippen molar-refractivity contribution in [1.29, 1.82) is 0 Å². The summed E-state index contributed by atoms with van der Waals surface area (Å²) in [5.74, 6) is -2.47. The zero-order chi connectivity index (χ0) is 22.2. The first kappa shape index (κ1) is 28.3. The van der Waals surface area contributed by atoms with Crippen LogP contribution in [0.25, 0.3) is 0 Å². The number of nitrogens with two attached hydrogens (primary N) is 1. The van der Waals surface area contributed by atoms with Gasteiger partial charge in [-0.15, -0.1) is 12.4 Å². The normalized spacial score (nSPS) is 13.0. The lowest BCUT2D eigenvalue weighted by Gasteiger charge is -2.26. The molecule has 0 aliphatic carbocycles. The minimum Gasteiger partial charge on any atom is -0.454 e. The van der Waals surface area contributed by atoms with Gasteiger partial charge in [-0.1, -0.05) is 35.3 Å². The molecule has 170 valence electrons. The van der Waals surface area contributed by atoms with E-state index in [0.29, 0.717) is 0 Å². The summed E-state index contributed by atoms with van der Waals surface area (Å²) in [7, 11) is -3.49. The maximum absolute atomic E-state index is 13.6. The Morgan fingerprint density at radius 2 is 1.77 bits per heavy atom. The first-order valence-corrected chi connectivity index (χ1v) is 10.9. The fourth-order valence-electron chi connectivity index (χ4n) is 2.15. The van der Waals surface area contributed by atoms with Crippen molar-refractivity contribution >= 4 is 63.2 Å². The number of esters is 1. The minimum atomic E-state index is -3.49. The Morgan fingerprint density at radius 1 is 1.20 bits per heavy atom. The van der Waals surface area contributed by atoms with Crippen LogP contribution in [0.1, 0.15) is 11.7 Å². The number of alkyl halides is 3. The Balaban J connectivity index is 0.00000841. The smallest absolute Gasteiger partial charge is 0.326 e. The van der Waals surface area contributed by atoms with Gasteiger partial charge in [0.2, 0.25) is 5.91 Å². The fourth-order valence-corrected chi connectivity index (χ4v) is 2.91. The Kier molecular flexibility index (Phi) is 12.2. The Morgan fingerprint density at radius 3 is 2.20 bits per heavy atom. The van der Waals surface area contributed by atoms with E-state index in [1.807, 2.05) is 0 Å². The number of carbonyl (C=O) groups excluding carboxylic acids is 3. The van der Waals surface area contributed by atoms with Crippen LogP contribution in [0.4, 0.5) is 4.39 Å². The molecule has 0 saturated heterocycles. The number of hydrogen-bond acceptors (Lipinski definition) is 7. The average Bonchev–Trinajstić information content (AvgIpc) is 2.67. The SMILES string of the molecule is CS(=O)(=O)c1ccc([C@@H](OC(=O)CNC(=O)CN)[C@@H](CF)NC(=O)C(Cl)Cl)cc1.Cl. The van der Waals surface area contributed by atoms with Gasteiger partial charge in [-0.2, -0.15) is 0 Å². The summed E-state index contributed by atoms with van der Waals surface area (Å²) in [5, 5.41) is 4.40. The average molecular weight is 509 g/mol. The third-order valence-electron chi connectivity index (χ3n) is 3.57. The molecule has 2 amide bonds. The van der Waals surface area contributed by atoms with Crippen LogP contribution in [0, 0.1) is 0 Å². The van der Waals surface area contributed by atoms with E-state index in [1.165, 1.54) is 24.3 Å². The van der Waals surface area contributed by atoms with Gasteiger partial charge >= 0.3 is 5.97 Å². The highest BCUT2D eigenvalue weighted by Crippen LogP contribution is 2.24. The molecule has 0 fully saturated rings. The zero-order valence-electron chi connectivity index (χ0n) is 15.6. The molecule has 0 heterocycles. The predicted molar refractivity (Wildman–Crippen MR) is 111 cm³/mol. The van der Waals surface area contributed by atoms with Crippen LogP contribution in [-0.4, -0.2) is 63.1 Å². The number of benzene rings is 1. The van der Waals surface area contributed by atoms with Crippen molar-refractivity contribution in [2.75, 3.05) is 26.0 Å². The summed E-state index contributed by atoms with van der Waals surface area (Å²) < 4.78 is 42.0. The van der Waals surface area contributed by atoms with Crippen molar-refractivity contribution in [3.05, 3.63) is 29.8 Å². The van der Waals surface area contributed by atoms with Crippen LogP contribution in [0.3, 0.4) is 0 Å². The highest BCUT2D eigenvalue weighted by molar-refractivity contribution is 7.90. The fraction of sp³-hybridized carbons (Fsp3) is 0.438. The van der Waals surface area contributed by atoms with Gasteiger partial charge in [-0.25, -0.2) is 12.8 Å². The number of hydrogen-bond donors (Lipinski definition) is 3. The Bertz CT molecular complexity index is 839. The number of amides is 2. The van der Waals surface area contributed by atoms with E-state index < -0.39 is 57.8 Å². The maximum Gasteiger partial charge on any atom is 0.326 e. The lowest BCUT2D eigenvalue weighted by Crippen LogP contribution is -2.45. The van der Waals surface area contributed by atoms with Crippen LogP contribution in [0.2, 0.25) is 0 Å². The van der Waals surface area contributed by atoms with Gasteiger partial charge in [0.1, 0.15) is 19.3 Å². The maximum atomic E-state index is 13.6. The highest BCUT2D eigenvalue weighted by Gasteiger charge is 2.30. The molecular weight excluding hydrogens is 488 g/mol. The van der Waals surface area contributed by atoms with Gasteiger partial charge < -0.3 is 21.1 Å². The van der Waals surface area contributed by atoms with Crippen LogP contribution in [0.15, 0.2) is 29.2 Å². The number of ether oxygens (including phenoxy) is 1. The molecule has 14 heteroatoms. The molecule has 0 unspecified atom stereocenters. The molecule has 1 rings (SSSR count). The van der Waals surface area contributed by atoms with Gasteiger partial charge in [0.05, 0.1) is 17.5 Å². The van der Waals surface area contributed by atoms with E-state index in [4.69, 9.17) is 33.7 Å². The second kappa shape index (κ2) is 12.9. The molecule has 1 aromatic carbocycles. The van der Waals surface area contributed by atoms with Crippen molar-refractivity contribution in [3.8, 4) is 0 Å². The lowest BCUT2D eigenvalue weighted by atomic mass is 10.0. The monoisotopic (exact) mass is 507 g/mol. The molecule has 0 aliphatic rings. The standard InChI is InChI=1S/C16H20Cl2FN3O6S.ClH/c1-29(26,27)10-4-2-9(3-5-10)14(11(6-19)22-16(25)15(17)18)28-13(24)8-21-12(23)7-20;/h2-5,11,14-15H,6-8,20H2,1H3,(H,21,23)(H,22,25);1H/t11-,14-;/m1./s1. The molecule has 30 heavy (non-hydrogen) atoms. The Hall–Kier alpha value is -1.66. The van der Waals surface area contributed by atoms with Crippen molar-refractivity contribution in [3.63, 3.8) is 0 Å². The molecular formula is C16H21Cl3FN3O6S. The van der Waals surface area contributed by atoms with Crippen LogP contribution < -0.4 is 16.4 Å². The van der Waals surface area contributed by atoms with Crippen molar-refractivity contribution in [2.24, 2.45) is 5.73 Å². The number of halogens is 4. The highest BCUT2D eigenvalue weighted by atomic mass is 35.5. The Labute approximate surface area is 189 Å². The summed E-state index contributed by atoms with van der Waals surface area (Å²) in [6.07, 6.45) is -0.349. The molecule has 0 radical (unpaired) electrons. The molecule has 0 saturated carbocycles. The van der Waals surface area contributed by atoms with Crippen molar-refractivity contribution in [1.82, 2.24) is 10.6 Å². The van der Waals surface area contributed by atoms with E-state index in [-0.39, 0.29) is 29.4 Å². The first-order chi connectivity index (χ1) is 13.5. The van der Waals surface area contributed by atoms with Crippen molar-refractivity contribution < 1.29 is 31.9 Å². The predicted octanol–water partition coefficient (Wildman–Crippen LogP) is 0.429. The van der Waals surface area contributed by atoms with Crippen LogP contribution >= 0.6 is 35.6 Å². The molecule has 1 aromatic rings. The number of rotatable bonds is 10. The van der Waals surface area contributed by atoms with E-state index >= 15 is 0 Å². The molecule has 0 spiro atoms. The molecule has 2 atom stereocenters. The third-order valence-corrected chi connectivity index (χ3v) is 5.09. The second-order valence-corrected chi connectivity index (χ2v) is 8.91. The van der Waals surface area contributed by atoms with Gasteiger partial charge in [-0.05, 0) is 17.7 Å². The summed E-state index contributed by atoms with van der Waals surface area (Å²) in [6.45, 7) is -2.05. The lowest BCUT2D eigenvalue weighted by molar-refractivity contribution is -0.152. The number of carbonyl (C=O) groups is 3. The van der Waals surface area contributed by atoms with E-state index in [0.717, 1.165) is 6.26 Å². The van der Waals surface area contributed by atoms with Crippen LogP contribution in [-0.2, 0) is 29.0 Å². The molecule has 9 nitrogen and oxygen atoms in total. The summed E-state index contributed by atoms with van der Waals surface area (Å²) in [6, 6.07) is 3.72. The summed E-state index contributed by atoms with van der Waals surface area (Å²) in [4.78, 5) is 33.5. The number of sulfone groups is 1. The second-order valence-electron chi connectivity index (χ2n) is 5.80. The van der Waals surface area contributed by atoms with Crippen molar-refractivity contribution in [2.45, 2.75) is 21.9 Å². The van der Waals surface area contributed by atoms with Gasteiger partial charge in [-0.3, -0.25) is 14.4 Å². The minimum absolute atomic E-state index is 0. The molecule has 0 aliphatic heterocycles. The first-order valence-electron chi connectivity index (χ1n) is 8.10. The summed E-state index contributed by atoms with van der Waals surface area (Å²) in [5.41, 5.74) is 5.31. The van der Waals surface area contributed by atoms with Gasteiger partial charge in [0.25, 0.3) is 5.91 Å². The topological polar surface area (TPSA) is 145 Å². The molecule has 4 N–H and O–H groups in total. The molecule has 0 aromatic heterocycles. The van der Waals surface area contributed by atoms with E-state index in [2.05, 4.69) is 10.6 Å². The third kappa shape index (κ3) is 9.00. The van der Waals surface area contributed by atoms with E-state index in [9.17, 15) is 27.2 Å². The van der Waals surface area contributed by atoms with Gasteiger partial charge in [0, 0.05) is 6.26 Å². The number of nitrogens with one attached hydrogen (secondary N) is 2. The zero-order valence-corrected chi connectivity index (χ0v) is 18.8.